The average molecular weight is 1040 g/mol. The van der Waals surface area contributed by atoms with Crippen LogP contribution < -0.4 is 0 Å². The van der Waals surface area contributed by atoms with Crippen LogP contribution in [0.3, 0.4) is 0 Å². The van der Waals surface area contributed by atoms with Crippen molar-refractivity contribution in [3.05, 3.63) is 60.8 Å². The molecule has 1 unspecified atom stereocenters. The van der Waals surface area contributed by atoms with Crippen molar-refractivity contribution in [2.45, 2.75) is 341 Å². The van der Waals surface area contributed by atoms with E-state index in [4.69, 9.17) is 14.2 Å². The van der Waals surface area contributed by atoms with E-state index < -0.39 is 6.10 Å². The van der Waals surface area contributed by atoms with Gasteiger partial charge in [0.05, 0.1) is 0 Å². The Hall–Kier alpha value is -2.89. The predicted molar refractivity (Wildman–Crippen MR) is 321 cm³/mol. The quantitative estimate of drug-likeness (QED) is 0.0261. The minimum Gasteiger partial charge on any atom is -0.462 e. The number of hydrogen-bond acceptors (Lipinski definition) is 6. The molecule has 0 radical (unpaired) electrons. The van der Waals surface area contributed by atoms with Crippen LogP contribution in [0.5, 0.6) is 0 Å². The molecule has 0 heterocycles. The summed E-state index contributed by atoms with van der Waals surface area (Å²) in [6.07, 6.45) is 79.4. The summed E-state index contributed by atoms with van der Waals surface area (Å²) in [6.45, 7) is 6.56. The zero-order valence-electron chi connectivity index (χ0n) is 49.4. The van der Waals surface area contributed by atoms with Gasteiger partial charge in [-0.2, -0.15) is 0 Å². The highest BCUT2D eigenvalue weighted by molar-refractivity contribution is 5.71. The number of ether oxygens (including phenoxy) is 3. The molecule has 0 aromatic carbocycles. The van der Waals surface area contributed by atoms with Crippen LogP contribution in [0.15, 0.2) is 60.8 Å². The van der Waals surface area contributed by atoms with Crippen LogP contribution in [0.2, 0.25) is 0 Å². The lowest BCUT2D eigenvalue weighted by Crippen LogP contribution is -2.30. The molecule has 0 saturated heterocycles. The fourth-order valence-electron chi connectivity index (χ4n) is 9.47. The fraction of sp³-hybridized carbons (Fsp3) is 0.809. The fourth-order valence-corrected chi connectivity index (χ4v) is 9.47. The zero-order chi connectivity index (χ0) is 53.6. The normalized spacial score (nSPS) is 12.4. The third-order valence-corrected chi connectivity index (χ3v) is 14.3. The molecule has 430 valence electrons. The largest absolute Gasteiger partial charge is 0.462 e. The molecule has 0 N–H and O–H groups in total. The third-order valence-electron chi connectivity index (χ3n) is 14.3. The first-order valence-electron chi connectivity index (χ1n) is 32.3. The summed E-state index contributed by atoms with van der Waals surface area (Å²) in [6, 6.07) is 0. The van der Waals surface area contributed by atoms with Gasteiger partial charge < -0.3 is 14.2 Å². The summed E-state index contributed by atoms with van der Waals surface area (Å²) >= 11 is 0. The van der Waals surface area contributed by atoms with E-state index in [1.54, 1.807) is 0 Å². The molecule has 0 aliphatic heterocycles. The van der Waals surface area contributed by atoms with Gasteiger partial charge in [0, 0.05) is 19.3 Å². The molecule has 0 saturated carbocycles. The molecule has 1 atom stereocenters. The molecular formula is C68H122O6. The number of hydrogen-bond donors (Lipinski definition) is 0. The number of carbonyl (C=O) groups is 3. The van der Waals surface area contributed by atoms with Crippen LogP contribution in [0.1, 0.15) is 335 Å². The van der Waals surface area contributed by atoms with Crippen LogP contribution in [-0.4, -0.2) is 37.2 Å². The van der Waals surface area contributed by atoms with Crippen molar-refractivity contribution in [3.63, 3.8) is 0 Å². The standard InChI is InChI=1S/C68H122O6/c1-4-7-10-13-16-19-22-25-28-31-33-35-37-40-43-46-49-52-55-58-61-67(70)73-64-65(63-72-66(69)60-57-54-51-48-45-42-39-36-30-27-24-21-18-15-12-9-6-3)74-68(71)62-59-56-53-50-47-44-41-38-34-32-29-26-23-20-17-14-11-8-5-2/h8,11,17,20,26,29,34,38,44,47,65H,4-7,9-10,12-16,18-19,21-25,27-28,30-33,35-37,39-43,45-46,48-64H2,1-3H3/b11-8-,20-17-,29-26-,38-34-,47-44-. The van der Waals surface area contributed by atoms with Gasteiger partial charge in [0.2, 0.25) is 0 Å². The summed E-state index contributed by atoms with van der Waals surface area (Å²) < 4.78 is 16.9. The zero-order valence-corrected chi connectivity index (χ0v) is 49.4. The summed E-state index contributed by atoms with van der Waals surface area (Å²) in [5.74, 6) is -0.893. The van der Waals surface area contributed by atoms with Gasteiger partial charge >= 0.3 is 17.9 Å². The Morgan fingerprint density at radius 2 is 0.527 bits per heavy atom. The Morgan fingerprint density at radius 3 is 0.824 bits per heavy atom. The van der Waals surface area contributed by atoms with Gasteiger partial charge in [-0.1, -0.05) is 313 Å². The molecule has 0 aliphatic carbocycles. The molecule has 74 heavy (non-hydrogen) atoms. The number of carbonyl (C=O) groups excluding carboxylic acids is 3. The number of allylic oxidation sites excluding steroid dienone is 10. The van der Waals surface area contributed by atoms with E-state index in [0.717, 1.165) is 96.3 Å². The van der Waals surface area contributed by atoms with Crippen LogP contribution in [-0.2, 0) is 28.6 Å². The van der Waals surface area contributed by atoms with Crippen molar-refractivity contribution in [1.29, 1.82) is 0 Å². The Bertz CT molecular complexity index is 1330. The van der Waals surface area contributed by atoms with E-state index in [1.807, 2.05) is 0 Å². The van der Waals surface area contributed by atoms with E-state index in [2.05, 4.69) is 81.5 Å². The van der Waals surface area contributed by atoms with Crippen LogP contribution in [0, 0.1) is 0 Å². The van der Waals surface area contributed by atoms with E-state index in [1.165, 1.54) is 199 Å². The first kappa shape index (κ1) is 71.1. The molecule has 0 aromatic rings. The second-order valence-corrected chi connectivity index (χ2v) is 21.7. The van der Waals surface area contributed by atoms with Gasteiger partial charge in [0.25, 0.3) is 0 Å². The van der Waals surface area contributed by atoms with Gasteiger partial charge in [-0.25, -0.2) is 0 Å². The van der Waals surface area contributed by atoms with Gasteiger partial charge in [0.1, 0.15) is 13.2 Å². The molecule has 0 fully saturated rings. The van der Waals surface area contributed by atoms with E-state index in [9.17, 15) is 14.4 Å². The van der Waals surface area contributed by atoms with Gasteiger partial charge in [-0.3, -0.25) is 14.4 Å². The highest BCUT2D eigenvalue weighted by Crippen LogP contribution is 2.18. The summed E-state index contributed by atoms with van der Waals surface area (Å²) in [5.41, 5.74) is 0. The predicted octanol–water partition coefficient (Wildman–Crippen LogP) is 21.9. The lowest BCUT2D eigenvalue weighted by atomic mass is 10.0. The second kappa shape index (κ2) is 62.6. The van der Waals surface area contributed by atoms with Crippen molar-refractivity contribution in [2.24, 2.45) is 0 Å². The molecule has 0 spiro atoms. The van der Waals surface area contributed by atoms with Crippen molar-refractivity contribution >= 4 is 17.9 Å². The van der Waals surface area contributed by atoms with Crippen LogP contribution in [0.25, 0.3) is 0 Å². The maximum Gasteiger partial charge on any atom is 0.306 e. The van der Waals surface area contributed by atoms with Gasteiger partial charge in [-0.05, 0) is 64.2 Å². The van der Waals surface area contributed by atoms with Gasteiger partial charge in [0.15, 0.2) is 6.10 Å². The monoisotopic (exact) mass is 1030 g/mol. The number of esters is 3. The van der Waals surface area contributed by atoms with E-state index >= 15 is 0 Å². The van der Waals surface area contributed by atoms with E-state index in [0.29, 0.717) is 19.3 Å². The Morgan fingerprint density at radius 1 is 0.284 bits per heavy atom. The summed E-state index contributed by atoms with van der Waals surface area (Å²) in [7, 11) is 0. The highest BCUT2D eigenvalue weighted by atomic mass is 16.6. The highest BCUT2D eigenvalue weighted by Gasteiger charge is 2.19. The van der Waals surface area contributed by atoms with Crippen molar-refractivity contribution in [3.8, 4) is 0 Å². The molecule has 0 bridgehead atoms. The number of rotatable bonds is 59. The molecule has 0 aromatic heterocycles. The maximum atomic E-state index is 12.9. The molecule has 0 amide bonds. The SMILES string of the molecule is CC/C=C\C/C=C\C/C=C\C/C=C\C/C=C\CCCCCC(=O)OC(COC(=O)CCCCCCCCCCCCCCCCCCC)COC(=O)CCCCCCCCCCCCCCCCCCCCCC. The Balaban J connectivity index is 4.38. The first-order chi connectivity index (χ1) is 36.5. The van der Waals surface area contributed by atoms with Crippen molar-refractivity contribution in [2.75, 3.05) is 13.2 Å². The van der Waals surface area contributed by atoms with E-state index in [-0.39, 0.29) is 31.1 Å². The second-order valence-electron chi connectivity index (χ2n) is 21.7. The average Bonchev–Trinajstić information content (AvgIpc) is 3.40. The van der Waals surface area contributed by atoms with Crippen LogP contribution in [0.4, 0.5) is 0 Å². The van der Waals surface area contributed by atoms with Crippen molar-refractivity contribution < 1.29 is 28.6 Å². The first-order valence-corrected chi connectivity index (χ1v) is 32.3. The minimum atomic E-state index is -0.790. The molecule has 6 heteroatoms. The van der Waals surface area contributed by atoms with Crippen molar-refractivity contribution in [1.82, 2.24) is 0 Å². The molecule has 0 aliphatic rings. The minimum absolute atomic E-state index is 0.0831. The maximum absolute atomic E-state index is 12.9. The molecule has 6 nitrogen and oxygen atoms in total. The number of unbranched alkanes of at least 4 members (excludes halogenated alkanes) is 38. The lowest BCUT2D eigenvalue weighted by molar-refractivity contribution is -0.167. The summed E-state index contributed by atoms with van der Waals surface area (Å²) in [4.78, 5) is 38.3. The Labute approximate surface area is 460 Å². The smallest absolute Gasteiger partial charge is 0.306 e. The Kier molecular flexibility index (Phi) is 60.2. The lowest BCUT2D eigenvalue weighted by Gasteiger charge is -2.18. The summed E-state index contributed by atoms with van der Waals surface area (Å²) in [5, 5.41) is 0. The van der Waals surface area contributed by atoms with Crippen LogP contribution >= 0.6 is 0 Å². The van der Waals surface area contributed by atoms with Gasteiger partial charge in [-0.15, -0.1) is 0 Å². The molecule has 0 rings (SSSR count). The topological polar surface area (TPSA) is 78.9 Å². The molecular weight excluding hydrogens is 913 g/mol. The third kappa shape index (κ3) is 60.0.